The van der Waals surface area contributed by atoms with Crippen LogP contribution in [0.25, 0.3) is 0 Å². The molecule has 0 aromatic heterocycles. The summed E-state index contributed by atoms with van der Waals surface area (Å²) in [6, 6.07) is 5.67. The molecule has 21 heavy (non-hydrogen) atoms. The van der Waals surface area contributed by atoms with E-state index in [1.54, 1.807) is 19.2 Å². The summed E-state index contributed by atoms with van der Waals surface area (Å²) in [6.45, 7) is 6.25. The second-order valence-corrected chi connectivity index (χ2v) is 6.34. The van der Waals surface area contributed by atoms with Gasteiger partial charge in [0.1, 0.15) is 0 Å². The SMILES string of the molecule is COC1CC(NC(C)c2ccc(C(F)(F)F)cc2)C1(C)C. The first-order valence-corrected chi connectivity index (χ1v) is 7.12. The molecule has 1 N–H and O–H groups in total. The van der Waals surface area contributed by atoms with Gasteiger partial charge in [-0.2, -0.15) is 13.2 Å². The van der Waals surface area contributed by atoms with Gasteiger partial charge in [-0.15, -0.1) is 0 Å². The number of hydrogen-bond donors (Lipinski definition) is 1. The van der Waals surface area contributed by atoms with Crippen LogP contribution in [0, 0.1) is 5.41 Å². The molecule has 0 amide bonds. The Morgan fingerprint density at radius 1 is 1.24 bits per heavy atom. The van der Waals surface area contributed by atoms with Crippen molar-refractivity contribution < 1.29 is 17.9 Å². The minimum atomic E-state index is -4.28. The standard InChI is InChI=1S/C16H22F3NO/c1-10(20-13-9-14(21-4)15(13,2)3)11-5-7-12(8-6-11)16(17,18)19/h5-8,10,13-14,20H,9H2,1-4H3. The molecule has 0 spiro atoms. The summed E-state index contributed by atoms with van der Waals surface area (Å²) in [5.41, 5.74) is 0.288. The van der Waals surface area contributed by atoms with Crippen LogP contribution in [0.1, 0.15) is 44.4 Å². The fraction of sp³-hybridized carbons (Fsp3) is 0.625. The van der Waals surface area contributed by atoms with Crippen molar-refractivity contribution in [3.8, 4) is 0 Å². The molecule has 3 unspecified atom stereocenters. The lowest BCUT2D eigenvalue weighted by Gasteiger charge is -2.52. The summed E-state index contributed by atoms with van der Waals surface area (Å²) in [5.74, 6) is 0. The zero-order chi connectivity index (χ0) is 15.8. The van der Waals surface area contributed by atoms with E-state index in [4.69, 9.17) is 4.74 Å². The van der Waals surface area contributed by atoms with Gasteiger partial charge in [0.05, 0.1) is 11.7 Å². The highest BCUT2D eigenvalue weighted by atomic mass is 19.4. The smallest absolute Gasteiger partial charge is 0.381 e. The van der Waals surface area contributed by atoms with Gasteiger partial charge < -0.3 is 10.1 Å². The van der Waals surface area contributed by atoms with E-state index in [9.17, 15) is 13.2 Å². The Kier molecular flexibility index (Phi) is 4.36. The van der Waals surface area contributed by atoms with Gasteiger partial charge in [-0.1, -0.05) is 26.0 Å². The van der Waals surface area contributed by atoms with E-state index in [0.717, 1.165) is 24.1 Å². The fourth-order valence-electron chi connectivity index (χ4n) is 2.93. The molecule has 1 aromatic carbocycles. The van der Waals surface area contributed by atoms with Gasteiger partial charge in [-0.25, -0.2) is 0 Å². The summed E-state index contributed by atoms with van der Waals surface area (Å²) in [4.78, 5) is 0. The Bertz CT molecular complexity index is 481. The molecule has 1 fully saturated rings. The molecule has 0 heterocycles. The lowest BCUT2D eigenvalue weighted by Crippen LogP contribution is -2.60. The molecular formula is C16H22F3NO. The van der Waals surface area contributed by atoms with Crippen molar-refractivity contribution >= 4 is 0 Å². The van der Waals surface area contributed by atoms with E-state index in [0.29, 0.717) is 6.04 Å². The van der Waals surface area contributed by atoms with E-state index < -0.39 is 11.7 Å². The van der Waals surface area contributed by atoms with Gasteiger partial charge in [-0.3, -0.25) is 0 Å². The van der Waals surface area contributed by atoms with Gasteiger partial charge in [0, 0.05) is 24.6 Å². The van der Waals surface area contributed by atoms with Gasteiger partial charge in [-0.05, 0) is 31.0 Å². The number of nitrogens with one attached hydrogen (secondary N) is 1. The van der Waals surface area contributed by atoms with Crippen LogP contribution < -0.4 is 5.32 Å². The quantitative estimate of drug-likeness (QED) is 0.901. The van der Waals surface area contributed by atoms with Crippen molar-refractivity contribution in [2.24, 2.45) is 5.41 Å². The molecule has 0 aliphatic heterocycles. The van der Waals surface area contributed by atoms with Crippen LogP contribution in [0.4, 0.5) is 13.2 Å². The fourth-order valence-corrected chi connectivity index (χ4v) is 2.93. The topological polar surface area (TPSA) is 21.3 Å². The molecule has 0 radical (unpaired) electrons. The molecule has 3 atom stereocenters. The third-order valence-electron chi connectivity index (χ3n) is 4.65. The number of ether oxygens (including phenoxy) is 1. The lowest BCUT2D eigenvalue weighted by molar-refractivity contribution is -0.137. The van der Waals surface area contributed by atoms with E-state index in [1.807, 2.05) is 6.92 Å². The molecule has 1 saturated carbocycles. The maximum absolute atomic E-state index is 12.5. The summed E-state index contributed by atoms with van der Waals surface area (Å²) < 4.78 is 43.1. The normalized spacial score (nSPS) is 26.2. The van der Waals surface area contributed by atoms with Gasteiger partial charge in [0.25, 0.3) is 0 Å². The average molecular weight is 301 g/mol. The van der Waals surface area contributed by atoms with Gasteiger partial charge in [0.2, 0.25) is 0 Å². The molecule has 5 heteroatoms. The number of hydrogen-bond acceptors (Lipinski definition) is 2. The summed E-state index contributed by atoms with van der Waals surface area (Å²) >= 11 is 0. The van der Waals surface area contributed by atoms with Crippen molar-refractivity contribution in [1.29, 1.82) is 0 Å². The molecule has 2 nitrogen and oxygen atoms in total. The Hall–Kier alpha value is -1.07. The Morgan fingerprint density at radius 2 is 1.81 bits per heavy atom. The highest BCUT2D eigenvalue weighted by Crippen LogP contribution is 2.43. The second kappa shape index (κ2) is 5.61. The molecule has 2 rings (SSSR count). The van der Waals surface area contributed by atoms with Crippen molar-refractivity contribution in [2.75, 3.05) is 7.11 Å². The molecule has 1 aromatic rings. The number of alkyl halides is 3. The number of rotatable bonds is 4. The first-order chi connectivity index (χ1) is 9.66. The average Bonchev–Trinajstić information content (AvgIpc) is 2.41. The predicted molar refractivity (Wildman–Crippen MR) is 76.0 cm³/mol. The van der Waals surface area contributed by atoms with E-state index in [2.05, 4.69) is 19.2 Å². The Balaban J connectivity index is 2.00. The molecule has 1 aliphatic carbocycles. The van der Waals surface area contributed by atoms with Crippen molar-refractivity contribution in [1.82, 2.24) is 5.32 Å². The van der Waals surface area contributed by atoms with Crippen molar-refractivity contribution in [3.63, 3.8) is 0 Å². The number of methoxy groups -OCH3 is 1. The Morgan fingerprint density at radius 3 is 2.24 bits per heavy atom. The van der Waals surface area contributed by atoms with Crippen molar-refractivity contribution in [2.45, 2.75) is 51.6 Å². The van der Waals surface area contributed by atoms with Crippen LogP contribution in [0.5, 0.6) is 0 Å². The zero-order valence-electron chi connectivity index (χ0n) is 12.8. The highest BCUT2D eigenvalue weighted by Gasteiger charge is 2.48. The number of benzene rings is 1. The van der Waals surface area contributed by atoms with Crippen LogP contribution in [-0.2, 0) is 10.9 Å². The third-order valence-corrected chi connectivity index (χ3v) is 4.65. The monoisotopic (exact) mass is 301 g/mol. The molecule has 0 bridgehead atoms. The second-order valence-electron chi connectivity index (χ2n) is 6.34. The molecule has 118 valence electrons. The molecule has 0 saturated heterocycles. The van der Waals surface area contributed by atoms with Crippen LogP contribution in [0.15, 0.2) is 24.3 Å². The van der Waals surface area contributed by atoms with Crippen LogP contribution >= 0.6 is 0 Å². The summed E-state index contributed by atoms with van der Waals surface area (Å²) in [5, 5.41) is 3.48. The van der Waals surface area contributed by atoms with Gasteiger partial charge in [0.15, 0.2) is 0 Å². The summed E-state index contributed by atoms with van der Waals surface area (Å²) in [6.07, 6.45) is -3.12. The summed E-state index contributed by atoms with van der Waals surface area (Å²) in [7, 11) is 1.71. The number of halogens is 3. The first kappa shape index (κ1) is 16.3. The van der Waals surface area contributed by atoms with Crippen LogP contribution in [0.2, 0.25) is 0 Å². The molecular weight excluding hydrogens is 279 g/mol. The lowest BCUT2D eigenvalue weighted by atomic mass is 9.64. The third kappa shape index (κ3) is 3.24. The van der Waals surface area contributed by atoms with E-state index in [1.165, 1.54) is 0 Å². The van der Waals surface area contributed by atoms with E-state index >= 15 is 0 Å². The molecule has 1 aliphatic rings. The zero-order valence-corrected chi connectivity index (χ0v) is 12.8. The largest absolute Gasteiger partial charge is 0.416 e. The first-order valence-electron chi connectivity index (χ1n) is 7.12. The minimum absolute atomic E-state index is 0.00867. The maximum Gasteiger partial charge on any atom is 0.416 e. The van der Waals surface area contributed by atoms with E-state index in [-0.39, 0.29) is 17.6 Å². The maximum atomic E-state index is 12.5. The predicted octanol–water partition coefficient (Wildman–Crippen LogP) is 4.17. The van der Waals surface area contributed by atoms with Crippen LogP contribution in [0.3, 0.4) is 0 Å². The highest BCUT2D eigenvalue weighted by molar-refractivity contribution is 5.26. The minimum Gasteiger partial charge on any atom is -0.381 e. The van der Waals surface area contributed by atoms with Crippen molar-refractivity contribution in [3.05, 3.63) is 35.4 Å². The van der Waals surface area contributed by atoms with Gasteiger partial charge >= 0.3 is 6.18 Å². The Labute approximate surface area is 123 Å². The van der Waals surface area contributed by atoms with Crippen LogP contribution in [-0.4, -0.2) is 19.3 Å².